The highest BCUT2D eigenvalue weighted by molar-refractivity contribution is 7.09. The molecule has 2 aromatic carbocycles. The summed E-state index contributed by atoms with van der Waals surface area (Å²) in [6.45, 7) is 0.149. The summed E-state index contributed by atoms with van der Waals surface area (Å²) in [6, 6.07) is 8.75. The molecule has 0 unspecified atom stereocenters. The number of nitrogens with one attached hydrogen (secondary N) is 1. The SMILES string of the molecule is CN(C)c1ccc(C(F)(F)F)cc1NC(=O)Cc1csc(COc2ccc(F)cc2)n1. The van der Waals surface area contributed by atoms with Crippen molar-refractivity contribution < 1.29 is 27.1 Å². The zero-order chi connectivity index (χ0) is 22.6. The number of benzene rings is 2. The van der Waals surface area contributed by atoms with Crippen molar-refractivity contribution in [1.82, 2.24) is 4.98 Å². The number of alkyl halides is 3. The second-order valence-corrected chi connectivity index (χ2v) is 7.77. The zero-order valence-electron chi connectivity index (χ0n) is 16.7. The van der Waals surface area contributed by atoms with E-state index in [0.29, 0.717) is 22.1 Å². The Morgan fingerprint density at radius 1 is 1.16 bits per heavy atom. The topological polar surface area (TPSA) is 54.5 Å². The maximum absolute atomic E-state index is 13.0. The van der Waals surface area contributed by atoms with Crippen LogP contribution in [0, 0.1) is 5.82 Å². The van der Waals surface area contributed by atoms with Crippen LogP contribution in [0.4, 0.5) is 28.9 Å². The molecule has 3 aromatic rings. The monoisotopic (exact) mass is 453 g/mol. The first kappa shape index (κ1) is 22.5. The fourth-order valence-corrected chi connectivity index (χ4v) is 3.44. The molecule has 0 bridgehead atoms. The molecule has 1 heterocycles. The molecule has 0 aliphatic carbocycles. The van der Waals surface area contributed by atoms with Crippen LogP contribution in [0.15, 0.2) is 47.8 Å². The molecule has 0 spiro atoms. The minimum Gasteiger partial charge on any atom is -0.486 e. The van der Waals surface area contributed by atoms with Crippen LogP contribution in [-0.4, -0.2) is 25.0 Å². The molecule has 0 saturated heterocycles. The molecule has 0 aliphatic heterocycles. The maximum Gasteiger partial charge on any atom is 0.416 e. The van der Waals surface area contributed by atoms with Gasteiger partial charge in [-0.1, -0.05) is 0 Å². The average Bonchev–Trinajstić information content (AvgIpc) is 3.13. The number of ether oxygens (including phenoxy) is 1. The van der Waals surface area contributed by atoms with Crippen LogP contribution in [0.1, 0.15) is 16.3 Å². The highest BCUT2D eigenvalue weighted by atomic mass is 32.1. The van der Waals surface area contributed by atoms with E-state index in [2.05, 4.69) is 10.3 Å². The second-order valence-electron chi connectivity index (χ2n) is 6.82. The standard InChI is InChI=1S/C21H19F4N3O2S/c1-28(2)18-8-3-13(21(23,24)25)9-17(18)27-19(29)10-15-12-31-20(26-15)11-30-16-6-4-14(22)5-7-16/h3-9,12H,10-11H2,1-2H3,(H,27,29). The third kappa shape index (κ3) is 6.17. The van der Waals surface area contributed by atoms with E-state index < -0.39 is 17.6 Å². The number of halogens is 4. The summed E-state index contributed by atoms with van der Waals surface area (Å²) < 4.78 is 57.5. The average molecular weight is 453 g/mol. The van der Waals surface area contributed by atoms with Crippen molar-refractivity contribution in [3.05, 3.63) is 69.9 Å². The van der Waals surface area contributed by atoms with Gasteiger partial charge in [-0.3, -0.25) is 4.79 Å². The molecule has 5 nitrogen and oxygen atoms in total. The van der Waals surface area contributed by atoms with Gasteiger partial charge in [0.15, 0.2) is 0 Å². The number of anilines is 2. The van der Waals surface area contributed by atoms with E-state index in [1.54, 1.807) is 24.4 Å². The lowest BCUT2D eigenvalue weighted by Crippen LogP contribution is -2.19. The number of aromatic nitrogens is 1. The molecule has 1 aromatic heterocycles. The third-order valence-corrected chi connectivity index (χ3v) is 5.07. The molecule has 0 atom stereocenters. The molecule has 3 rings (SSSR count). The molecule has 10 heteroatoms. The smallest absolute Gasteiger partial charge is 0.416 e. The maximum atomic E-state index is 13.0. The van der Waals surface area contributed by atoms with Gasteiger partial charge < -0.3 is 15.0 Å². The number of hydrogen-bond acceptors (Lipinski definition) is 5. The quantitative estimate of drug-likeness (QED) is 0.504. The number of carbonyl (C=O) groups excluding carboxylic acids is 1. The summed E-state index contributed by atoms with van der Waals surface area (Å²) in [6.07, 6.45) is -4.62. The van der Waals surface area contributed by atoms with E-state index in [4.69, 9.17) is 4.74 Å². The normalized spacial score (nSPS) is 11.3. The summed E-state index contributed by atoms with van der Waals surface area (Å²) in [5.74, 6) is -0.372. The van der Waals surface area contributed by atoms with Crippen LogP contribution in [0.3, 0.4) is 0 Å². The van der Waals surface area contributed by atoms with Gasteiger partial charge >= 0.3 is 6.18 Å². The molecular weight excluding hydrogens is 434 g/mol. The van der Waals surface area contributed by atoms with Crippen molar-refractivity contribution in [2.45, 2.75) is 19.2 Å². The number of nitrogens with zero attached hydrogens (tertiary/aromatic N) is 2. The number of amides is 1. The van der Waals surface area contributed by atoms with Gasteiger partial charge in [0.05, 0.1) is 29.1 Å². The largest absolute Gasteiger partial charge is 0.486 e. The summed E-state index contributed by atoms with van der Waals surface area (Å²) in [5, 5.41) is 4.84. The first-order chi connectivity index (χ1) is 14.6. The van der Waals surface area contributed by atoms with E-state index in [1.165, 1.54) is 41.7 Å². The van der Waals surface area contributed by atoms with Crippen molar-refractivity contribution >= 4 is 28.6 Å². The Morgan fingerprint density at radius 3 is 2.52 bits per heavy atom. The lowest BCUT2D eigenvalue weighted by molar-refractivity contribution is -0.137. The van der Waals surface area contributed by atoms with Gasteiger partial charge in [-0.25, -0.2) is 9.37 Å². The molecule has 1 N–H and O–H groups in total. The highest BCUT2D eigenvalue weighted by Crippen LogP contribution is 2.35. The summed E-state index contributed by atoms with van der Waals surface area (Å²) >= 11 is 1.29. The minimum atomic E-state index is -4.52. The van der Waals surface area contributed by atoms with E-state index in [1.807, 2.05) is 0 Å². The summed E-state index contributed by atoms with van der Waals surface area (Å²) in [7, 11) is 3.35. The molecule has 0 saturated carbocycles. The Balaban J connectivity index is 1.64. The van der Waals surface area contributed by atoms with Gasteiger partial charge in [-0.2, -0.15) is 13.2 Å². The van der Waals surface area contributed by atoms with Crippen LogP contribution in [-0.2, 0) is 24.0 Å². The van der Waals surface area contributed by atoms with Crippen molar-refractivity contribution in [1.29, 1.82) is 0 Å². The summed E-state index contributed by atoms with van der Waals surface area (Å²) in [4.78, 5) is 18.3. The molecule has 0 aliphatic rings. The second kappa shape index (κ2) is 9.34. The minimum absolute atomic E-state index is 0.0694. The van der Waals surface area contributed by atoms with Crippen LogP contribution in [0.2, 0.25) is 0 Å². The Labute approximate surface area is 180 Å². The van der Waals surface area contributed by atoms with Crippen molar-refractivity contribution in [2.24, 2.45) is 0 Å². The first-order valence-corrected chi connectivity index (χ1v) is 10.00. The van der Waals surface area contributed by atoms with Gasteiger partial charge in [0, 0.05) is 19.5 Å². The predicted molar refractivity (Wildman–Crippen MR) is 111 cm³/mol. The molecule has 1 amide bonds. The first-order valence-electron chi connectivity index (χ1n) is 9.12. The predicted octanol–water partition coefficient (Wildman–Crippen LogP) is 5.13. The van der Waals surface area contributed by atoms with Crippen molar-refractivity contribution in [3.8, 4) is 5.75 Å². The molecule has 0 fully saturated rings. The Hall–Kier alpha value is -3.14. The van der Waals surface area contributed by atoms with Crippen LogP contribution in [0.25, 0.3) is 0 Å². The van der Waals surface area contributed by atoms with Gasteiger partial charge in [-0.15, -0.1) is 11.3 Å². The lowest BCUT2D eigenvalue weighted by atomic mass is 10.1. The van der Waals surface area contributed by atoms with Crippen LogP contribution < -0.4 is 15.0 Å². The Morgan fingerprint density at radius 2 is 1.87 bits per heavy atom. The van der Waals surface area contributed by atoms with E-state index >= 15 is 0 Å². The van der Waals surface area contributed by atoms with E-state index in [0.717, 1.165) is 12.1 Å². The number of thiazole rings is 1. The van der Waals surface area contributed by atoms with Gasteiger partial charge in [-0.05, 0) is 42.5 Å². The molecule has 31 heavy (non-hydrogen) atoms. The van der Waals surface area contributed by atoms with Crippen LogP contribution in [0.5, 0.6) is 5.75 Å². The van der Waals surface area contributed by atoms with Crippen LogP contribution >= 0.6 is 11.3 Å². The third-order valence-electron chi connectivity index (χ3n) is 4.20. The number of hydrogen-bond donors (Lipinski definition) is 1. The zero-order valence-corrected chi connectivity index (χ0v) is 17.5. The van der Waals surface area contributed by atoms with Crippen molar-refractivity contribution in [3.63, 3.8) is 0 Å². The molecular formula is C21H19F4N3O2S. The Bertz CT molecular complexity index is 1050. The van der Waals surface area contributed by atoms with Crippen molar-refractivity contribution in [2.75, 3.05) is 24.3 Å². The fraction of sp³-hybridized carbons (Fsp3) is 0.238. The lowest BCUT2D eigenvalue weighted by Gasteiger charge is -2.19. The fourth-order valence-electron chi connectivity index (χ4n) is 2.73. The summed E-state index contributed by atoms with van der Waals surface area (Å²) in [5.41, 5.74) is 0.147. The van der Waals surface area contributed by atoms with E-state index in [9.17, 15) is 22.4 Å². The van der Waals surface area contributed by atoms with Gasteiger partial charge in [0.25, 0.3) is 0 Å². The van der Waals surface area contributed by atoms with Gasteiger partial charge in [0.2, 0.25) is 5.91 Å². The van der Waals surface area contributed by atoms with E-state index in [-0.39, 0.29) is 24.5 Å². The Kier molecular flexibility index (Phi) is 6.79. The van der Waals surface area contributed by atoms with Gasteiger partial charge in [0.1, 0.15) is 23.2 Å². The molecule has 164 valence electrons. The number of carbonyl (C=O) groups is 1. The highest BCUT2D eigenvalue weighted by Gasteiger charge is 2.31. The molecule has 0 radical (unpaired) electrons. The number of rotatable bonds is 7.